The van der Waals surface area contributed by atoms with Gasteiger partial charge in [-0.25, -0.2) is 4.79 Å². The maximum atomic E-state index is 14.1. The van der Waals surface area contributed by atoms with Gasteiger partial charge in [-0.05, 0) is 65.5 Å². The molecule has 0 bridgehead atoms. The van der Waals surface area contributed by atoms with Crippen LogP contribution in [0.5, 0.6) is 0 Å². The van der Waals surface area contributed by atoms with Crippen molar-refractivity contribution in [2.75, 3.05) is 13.7 Å². The Morgan fingerprint density at radius 3 is 2.17 bits per heavy atom. The summed E-state index contributed by atoms with van der Waals surface area (Å²) in [4.78, 5) is 53.4. The van der Waals surface area contributed by atoms with Crippen molar-refractivity contribution in [3.05, 3.63) is 34.9 Å². The lowest BCUT2D eigenvalue weighted by atomic mass is 9.92. The van der Waals surface area contributed by atoms with Gasteiger partial charge in [-0.2, -0.15) is 0 Å². The standard InChI is InChI=1S/C27H43N3O6/c1-11-18(5)22(29-26(34)36-27(7,8)9)25(33)30(16(2)3)23(24(32)28-15-21(31)35-10)20-14-17(4)12-13-19(20)6/h12-14,16,18,22-23H,11,15H2,1-10H3,(H,28,32)(H,29,34). The van der Waals surface area contributed by atoms with Crippen molar-refractivity contribution in [1.29, 1.82) is 0 Å². The van der Waals surface area contributed by atoms with E-state index in [1.165, 1.54) is 12.0 Å². The smallest absolute Gasteiger partial charge is 0.408 e. The minimum Gasteiger partial charge on any atom is -0.468 e. The highest BCUT2D eigenvalue weighted by Crippen LogP contribution is 2.29. The molecular weight excluding hydrogens is 462 g/mol. The summed E-state index contributed by atoms with van der Waals surface area (Å²) in [6.07, 6.45) is -0.0934. The van der Waals surface area contributed by atoms with Crippen LogP contribution in [0.2, 0.25) is 0 Å². The first-order chi connectivity index (χ1) is 16.6. The van der Waals surface area contributed by atoms with E-state index in [-0.39, 0.29) is 12.5 Å². The van der Waals surface area contributed by atoms with E-state index in [1.54, 1.807) is 20.8 Å². The highest BCUT2D eigenvalue weighted by molar-refractivity contribution is 5.93. The van der Waals surface area contributed by atoms with Crippen LogP contribution in [0.4, 0.5) is 4.79 Å². The Morgan fingerprint density at radius 2 is 1.67 bits per heavy atom. The zero-order chi connectivity index (χ0) is 27.8. The molecule has 0 spiro atoms. The molecule has 0 aliphatic carbocycles. The van der Waals surface area contributed by atoms with Crippen LogP contribution in [0.25, 0.3) is 0 Å². The Labute approximate surface area is 215 Å². The summed E-state index contributed by atoms with van der Waals surface area (Å²) in [5.41, 5.74) is 1.64. The number of esters is 1. The summed E-state index contributed by atoms with van der Waals surface area (Å²) in [7, 11) is 1.24. The maximum Gasteiger partial charge on any atom is 0.408 e. The van der Waals surface area contributed by atoms with Crippen LogP contribution in [0.3, 0.4) is 0 Å². The van der Waals surface area contributed by atoms with Gasteiger partial charge in [0.25, 0.3) is 0 Å². The Bertz CT molecular complexity index is 938. The fourth-order valence-corrected chi connectivity index (χ4v) is 3.76. The molecule has 0 aromatic heterocycles. The van der Waals surface area contributed by atoms with E-state index < -0.39 is 47.6 Å². The number of nitrogens with one attached hydrogen (secondary N) is 2. The van der Waals surface area contributed by atoms with Gasteiger partial charge in [0.05, 0.1) is 7.11 Å². The highest BCUT2D eigenvalue weighted by atomic mass is 16.6. The summed E-state index contributed by atoms with van der Waals surface area (Å²) in [5, 5.41) is 5.34. The molecule has 0 heterocycles. The highest BCUT2D eigenvalue weighted by Gasteiger charge is 2.40. The van der Waals surface area contributed by atoms with E-state index >= 15 is 0 Å². The van der Waals surface area contributed by atoms with Crippen molar-refractivity contribution in [1.82, 2.24) is 15.5 Å². The van der Waals surface area contributed by atoms with Gasteiger partial charge in [-0.3, -0.25) is 14.4 Å². The summed E-state index contributed by atoms with van der Waals surface area (Å²) in [5.74, 6) is -1.76. The summed E-state index contributed by atoms with van der Waals surface area (Å²) >= 11 is 0. The van der Waals surface area contributed by atoms with Crippen LogP contribution in [0, 0.1) is 19.8 Å². The first kappa shape index (κ1) is 30.9. The average Bonchev–Trinajstić information content (AvgIpc) is 2.78. The minimum atomic E-state index is -1.03. The van der Waals surface area contributed by atoms with Gasteiger partial charge < -0.3 is 25.0 Å². The number of rotatable bonds is 10. The number of ether oxygens (including phenoxy) is 2. The second kappa shape index (κ2) is 13.3. The van der Waals surface area contributed by atoms with E-state index in [0.29, 0.717) is 12.0 Å². The lowest BCUT2D eigenvalue weighted by Gasteiger charge is -2.39. The third kappa shape index (κ3) is 8.84. The topological polar surface area (TPSA) is 114 Å². The van der Waals surface area contributed by atoms with Gasteiger partial charge in [-0.15, -0.1) is 0 Å². The first-order valence-corrected chi connectivity index (χ1v) is 12.4. The quantitative estimate of drug-likeness (QED) is 0.468. The number of carbonyl (C=O) groups is 4. The number of benzene rings is 1. The third-order valence-electron chi connectivity index (χ3n) is 5.85. The van der Waals surface area contributed by atoms with E-state index in [4.69, 9.17) is 4.74 Å². The van der Waals surface area contributed by atoms with E-state index in [9.17, 15) is 19.2 Å². The maximum absolute atomic E-state index is 14.1. The molecule has 36 heavy (non-hydrogen) atoms. The molecule has 0 aliphatic heterocycles. The number of hydrogen-bond donors (Lipinski definition) is 2. The molecule has 2 N–H and O–H groups in total. The van der Waals surface area contributed by atoms with Crippen LogP contribution in [0.15, 0.2) is 18.2 Å². The molecule has 9 heteroatoms. The predicted octanol–water partition coefficient (Wildman–Crippen LogP) is 3.81. The molecule has 1 aromatic carbocycles. The zero-order valence-electron chi connectivity index (χ0n) is 23.4. The SMILES string of the molecule is CCC(C)C(NC(=O)OC(C)(C)C)C(=O)N(C(C)C)C(C(=O)NCC(=O)OC)c1cc(C)ccc1C. The minimum absolute atomic E-state index is 0.233. The van der Waals surface area contributed by atoms with Gasteiger partial charge in [0.15, 0.2) is 0 Å². The van der Waals surface area contributed by atoms with Gasteiger partial charge in [0, 0.05) is 6.04 Å². The first-order valence-electron chi connectivity index (χ1n) is 12.4. The van der Waals surface area contributed by atoms with Gasteiger partial charge >= 0.3 is 12.1 Å². The fourth-order valence-electron chi connectivity index (χ4n) is 3.76. The second-order valence-corrected chi connectivity index (χ2v) is 10.4. The number of amides is 3. The van der Waals surface area contributed by atoms with Crippen LogP contribution in [-0.4, -0.2) is 60.1 Å². The second-order valence-electron chi connectivity index (χ2n) is 10.4. The van der Waals surface area contributed by atoms with Gasteiger partial charge in [0.2, 0.25) is 11.8 Å². The van der Waals surface area contributed by atoms with Crippen LogP contribution in [0.1, 0.15) is 77.6 Å². The zero-order valence-corrected chi connectivity index (χ0v) is 23.4. The molecule has 0 saturated heterocycles. The average molecular weight is 506 g/mol. The lowest BCUT2D eigenvalue weighted by molar-refractivity contribution is -0.147. The molecule has 3 atom stereocenters. The van der Waals surface area contributed by atoms with E-state index in [0.717, 1.165) is 11.1 Å². The Hall–Kier alpha value is -3.10. The Kier molecular flexibility index (Phi) is 11.4. The van der Waals surface area contributed by atoms with Crippen molar-refractivity contribution in [3.8, 4) is 0 Å². The molecule has 0 aliphatic rings. The number of methoxy groups -OCH3 is 1. The summed E-state index contributed by atoms with van der Waals surface area (Å²) in [6.45, 7) is 16.1. The van der Waals surface area contributed by atoms with Crippen LogP contribution in [-0.2, 0) is 23.9 Å². The molecule has 1 rings (SSSR count). The third-order valence-corrected chi connectivity index (χ3v) is 5.85. The summed E-state index contributed by atoms with van der Waals surface area (Å²) in [6, 6.07) is 3.32. The van der Waals surface area contributed by atoms with Crippen molar-refractivity contribution in [2.45, 2.75) is 92.5 Å². The normalized spacial score (nSPS) is 13.9. The molecule has 0 radical (unpaired) electrons. The van der Waals surface area contributed by atoms with Gasteiger partial charge in [0.1, 0.15) is 24.2 Å². The van der Waals surface area contributed by atoms with Crippen molar-refractivity contribution in [3.63, 3.8) is 0 Å². The van der Waals surface area contributed by atoms with Crippen LogP contribution < -0.4 is 10.6 Å². The molecule has 9 nitrogen and oxygen atoms in total. The Morgan fingerprint density at radius 1 is 1.06 bits per heavy atom. The van der Waals surface area contributed by atoms with Gasteiger partial charge in [-0.1, -0.05) is 44.0 Å². The molecule has 1 aromatic rings. The molecule has 0 fully saturated rings. The molecule has 0 saturated carbocycles. The van der Waals surface area contributed by atoms with Crippen molar-refractivity contribution in [2.24, 2.45) is 5.92 Å². The number of alkyl carbamates (subject to hydrolysis) is 1. The lowest BCUT2D eigenvalue weighted by Crippen LogP contribution is -2.57. The van der Waals surface area contributed by atoms with E-state index in [1.807, 2.05) is 59.7 Å². The summed E-state index contributed by atoms with van der Waals surface area (Å²) < 4.78 is 10.1. The van der Waals surface area contributed by atoms with E-state index in [2.05, 4.69) is 15.4 Å². The number of nitrogens with zero attached hydrogens (tertiary/aromatic N) is 1. The number of aryl methyl sites for hydroxylation is 2. The molecule has 3 unspecified atom stereocenters. The largest absolute Gasteiger partial charge is 0.468 e. The monoisotopic (exact) mass is 505 g/mol. The molecule has 3 amide bonds. The van der Waals surface area contributed by atoms with Crippen molar-refractivity contribution >= 4 is 23.9 Å². The number of carbonyl (C=O) groups excluding carboxylic acids is 4. The number of hydrogen-bond acceptors (Lipinski definition) is 6. The van der Waals surface area contributed by atoms with Crippen LogP contribution >= 0.6 is 0 Å². The predicted molar refractivity (Wildman–Crippen MR) is 138 cm³/mol. The Balaban J connectivity index is 3.56. The molecular formula is C27H43N3O6. The molecule has 202 valence electrons. The fraction of sp³-hybridized carbons (Fsp3) is 0.630. The van der Waals surface area contributed by atoms with Crippen molar-refractivity contribution < 1.29 is 28.7 Å².